The SMILES string of the molecule is Cc1ccccc1C(C)S(=O)(=O)NCC(=O)Nc1ccc(Br)cc1. The summed E-state index contributed by atoms with van der Waals surface area (Å²) in [5.74, 6) is -0.419. The van der Waals surface area contributed by atoms with Crippen molar-refractivity contribution in [2.75, 3.05) is 11.9 Å². The molecule has 7 heteroatoms. The van der Waals surface area contributed by atoms with Crippen LogP contribution in [0.15, 0.2) is 53.0 Å². The number of anilines is 1. The molecule has 128 valence electrons. The van der Waals surface area contributed by atoms with Gasteiger partial charge in [0.1, 0.15) is 0 Å². The van der Waals surface area contributed by atoms with Crippen LogP contribution in [0.3, 0.4) is 0 Å². The number of carbonyl (C=O) groups is 1. The molecule has 0 aliphatic rings. The fourth-order valence-corrected chi connectivity index (χ4v) is 3.68. The summed E-state index contributed by atoms with van der Waals surface area (Å²) in [4.78, 5) is 11.9. The number of sulfonamides is 1. The number of amides is 1. The van der Waals surface area contributed by atoms with Crippen LogP contribution in [-0.4, -0.2) is 20.9 Å². The summed E-state index contributed by atoms with van der Waals surface area (Å²) in [6.45, 7) is 3.16. The van der Waals surface area contributed by atoms with Crippen molar-refractivity contribution in [2.45, 2.75) is 19.1 Å². The number of rotatable bonds is 6. The monoisotopic (exact) mass is 410 g/mol. The van der Waals surface area contributed by atoms with Crippen LogP contribution >= 0.6 is 15.9 Å². The van der Waals surface area contributed by atoms with E-state index in [1.807, 2.05) is 19.1 Å². The number of benzene rings is 2. The summed E-state index contributed by atoms with van der Waals surface area (Å²) in [6, 6.07) is 14.3. The highest BCUT2D eigenvalue weighted by Gasteiger charge is 2.24. The van der Waals surface area contributed by atoms with E-state index in [1.165, 1.54) is 0 Å². The van der Waals surface area contributed by atoms with Gasteiger partial charge in [-0.15, -0.1) is 0 Å². The highest BCUT2D eigenvalue weighted by Crippen LogP contribution is 2.23. The molecule has 0 saturated carbocycles. The minimum absolute atomic E-state index is 0.311. The van der Waals surface area contributed by atoms with Crippen LogP contribution in [0.4, 0.5) is 5.69 Å². The molecule has 0 spiro atoms. The molecule has 0 aliphatic heterocycles. The normalized spacial score (nSPS) is 12.6. The van der Waals surface area contributed by atoms with Crippen molar-refractivity contribution in [3.05, 3.63) is 64.1 Å². The second kappa shape index (κ2) is 7.92. The van der Waals surface area contributed by atoms with E-state index in [0.29, 0.717) is 5.69 Å². The molecule has 1 amide bonds. The molecule has 0 radical (unpaired) electrons. The van der Waals surface area contributed by atoms with Crippen LogP contribution in [0.2, 0.25) is 0 Å². The third-order valence-electron chi connectivity index (χ3n) is 3.65. The summed E-state index contributed by atoms with van der Waals surface area (Å²) in [6.07, 6.45) is 0. The molecule has 0 bridgehead atoms. The maximum absolute atomic E-state index is 12.4. The fraction of sp³-hybridized carbons (Fsp3) is 0.235. The van der Waals surface area contributed by atoms with E-state index >= 15 is 0 Å². The third kappa shape index (κ3) is 4.90. The van der Waals surface area contributed by atoms with Crippen LogP contribution < -0.4 is 10.0 Å². The molecule has 2 aromatic carbocycles. The average Bonchev–Trinajstić information content (AvgIpc) is 2.55. The lowest BCUT2D eigenvalue weighted by atomic mass is 10.1. The minimum Gasteiger partial charge on any atom is -0.325 e. The molecule has 5 nitrogen and oxygen atoms in total. The molecule has 0 fully saturated rings. The van der Waals surface area contributed by atoms with Crippen molar-refractivity contribution in [3.63, 3.8) is 0 Å². The maximum atomic E-state index is 12.4. The van der Waals surface area contributed by atoms with Gasteiger partial charge in [-0.25, -0.2) is 13.1 Å². The Morgan fingerprint density at radius 2 is 1.75 bits per heavy atom. The summed E-state index contributed by atoms with van der Waals surface area (Å²) in [7, 11) is -3.65. The maximum Gasteiger partial charge on any atom is 0.239 e. The average molecular weight is 411 g/mol. The predicted octanol–water partition coefficient (Wildman–Crippen LogP) is 3.38. The van der Waals surface area contributed by atoms with Gasteiger partial charge in [0.15, 0.2) is 0 Å². The number of carbonyl (C=O) groups excluding carboxylic acids is 1. The zero-order valence-electron chi connectivity index (χ0n) is 13.4. The smallest absolute Gasteiger partial charge is 0.239 e. The van der Waals surface area contributed by atoms with Crippen LogP contribution in [0.5, 0.6) is 0 Å². The van der Waals surface area contributed by atoms with Crippen LogP contribution in [0.1, 0.15) is 23.3 Å². The van der Waals surface area contributed by atoms with E-state index in [2.05, 4.69) is 26.0 Å². The number of aryl methyl sites for hydroxylation is 1. The van der Waals surface area contributed by atoms with Crippen molar-refractivity contribution in [3.8, 4) is 0 Å². The highest BCUT2D eigenvalue weighted by molar-refractivity contribution is 9.10. The first kappa shape index (κ1) is 18.6. The largest absolute Gasteiger partial charge is 0.325 e. The molecule has 1 unspecified atom stereocenters. The van der Waals surface area contributed by atoms with Gasteiger partial charge < -0.3 is 5.32 Å². The van der Waals surface area contributed by atoms with Crippen molar-refractivity contribution in [1.82, 2.24) is 4.72 Å². The van der Waals surface area contributed by atoms with Crippen molar-refractivity contribution in [2.24, 2.45) is 0 Å². The zero-order valence-corrected chi connectivity index (χ0v) is 15.8. The number of hydrogen-bond donors (Lipinski definition) is 2. The lowest BCUT2D eigenvalue weighted by Gasteiger charge is -2.16. The van der Waals surface area contributed by atoms with Gasteiger partial charge >= 0.3 is 0 Å². The van der Waals surface area contributed by atoms with E-state index in [1.54, 1.807) is 43.3 Å². The van der Waals surface area contributed by atoms with Gasteiger partial charge in [-0.05, 0) is 49.2 Å². The Balaban J connectivity index is 1.98. The Bertz CT molecular complexity index is 820. The molecule has 0 saturated heterocycles. The first-order chi connectivity index (χ1) is 11.3. The Hall–Kier alpha value is -1.70. The Kier molecular flexibility index (Phi) is 6.15. The summed E-state index contributed by atoms with van der Waals surface area (Å²) >= 11 is 3.31. The van der Waals surface area contributed by atoms with E-state index in [-0.39, 0.29) is 6.54 Å². The van der Waals surface area contributed by atoms with E-state index in [0.717, 1.165) is 15.6 Å². The second-order valence-corrected chi connectivity index (χ2v) is 8.42. The first-order valence-electron chi connectivity index (χ1n) is 7.39. The predicted molar refractivity (Wildman–Crippen MR) is 99.3 cm³/mol. The minimum atomic E-state index is -3.65. The van der Waals surface area contributed by atoms with Crippen LogP contribution in [-0.2, 0) is 14.8 Å². The lowest BCUT2D eigenvalue weighted by molar-refractivity contribution is -0.115. The van der Waals surface area contributed by atoms with Crippen LogP contribution in [0.25, 0.3) is 0 Å². The summed E-state index contributed by atoms with van der Waals surface area (Å²) in [5, 5.41) is 1.91. The Morgan fingerprint density at radius 3 is 2.38 bits per heavy atom. The van der Waals surface area contributed by atoms with Gasteiger partial charge in [0.25, 0.3) is 0 Å². The van der Waals surface area contributed by atoms with Gasteiger partial charge in [-0.3, -0.25) is 4.79 Å². The van der Waals surface area contributed by atoms with Crippen molar-refractivity contribution in [1.29, 1.82) is 0 Å². The quantitative estimate of drug-likeness (QED) is 0.766. The fourth-order valence-electron chi connectivity index (χ4n) is 2.24. The molecule has 2 rings (SSSR count). The number of hydrogen-bond acceptors (Lipinski definition) is 3. The standard InChI is InChI=1S/C17H19BrN2O3S/c1-12-5-3-4-6-16(12)13(2)24(22,23)19-11-17(21)20-15-9-7-14(18)8-10-15/h3-10,13,19H,11H2,1-2H3,(H,20,21). The van der Waals surface area contributed by atoms with Gasteiger partial charge in [0, 0.05) is 10.2 Å². The van der Waals surface area contributed by atoms with E-state index in [4.69, 9.17) is 0 Å². The molecule has 2 aromatic rings. The molecule has 0 aromatic heterocycles. The molecule has 0 aliphatic carbocycles. The molecular weight excluding hydrogens is 392 g/mol. The Labute approximate surface area is 150 Å². The van der Waals surface area contributed by atoms with Crippen LogP contribution in [0, 0.1) is 6.92 Å². The summed E-state index contributed by atoms with van der Waals surface area (Å²) in [5.41, 5.74) is 2.22. The summed E-state index contributed by atoms with van der Waals surface area (Å²) < 4.78 is 28.0. The number of halogens is 1. The highest BCUT2D eigenvalue weighted by atomic mass is 79.9. The van der Waals surface area contributed by atoms with Gasteiger partial charge in [0.05, 0.1) is 11.8 Å². The lowest BCUT2D eigenvalue weighted by Crippen LogP contribution is -2.35. The zero-order chi connectivity index (χ0) is 17.7. The topological polar surface area (TPSA) is 75.3 Å². The van der Waals surface area contributed by atoms with Gasteiger partial charge in [-0.2, -0.15) is 0 Å². The number of nitrogens with one attached hydrogen (secondary N) is 2. The second-order valence-electron chi connectivity index (χ2n) is 5.42. The van der Waals surface area contributed by atoms with Crippen molar-refractivity contribution < 1.29 is 13.2 Å². The van der Waals surface area contributed by atoms with E-state index < -0.39 is 21.2 Å². The van der Waals surface area contributed by atoms with Gasteiger partial charge in [0.2, 0.25) is 15.9 Å². The van der Waals surface area contributed by atoms with E-state index in [9.17, 15) is 13.2 Å². The molecule has 0 heterocycles. The van der Waals surface area contributed by atoms with Crippen molar-refractivity contribution >= 4 is 37.5 Å². The first-order valence-corrected chi connectivity index (χ1v) is 9.73. The molecule has 24 heavy (non-hydrogen) atoms. The Morgan fingerprint density at radius 1 is 1.12 bits per heavy atom. The third-order valence-corrected chi connectivity index (χ3v) is 5.91. The van der Waals surface area contributed by atoms with Gasteiger partial charge in [-0.1, -0.05) is 40.2 Å². The molecule has 1 atom stereocenters. The molecular formula is C17H19BrN2O3S. The molecule has 2 N–H and O–H groups in total.